The largest absolute Gasteiger partial charge is 0.345 e. The highest BCUT2D eigenvalue weighted by atomic mass is 32.1. The van der Waals surface area contributed by atoms with Gasteiger partial charge in [-0.05, 0) is 31.4 Å². The van der Waals surface area contributed by atoms with Crippen LogP contribution < -0.4 is 10.2 Å². The highest BCUT2D eigenvalue weighted by molar-refractivity contribution is 7.15. The first kappa shape index (κ1) is 19.8. The molecule has 4 rings (SSSR count). The lowest BCUT2D eigenvalue weighted by atomic mass is 9.90. The highest BCUT2D eigenvalue weighted by Gasteiger charge is 2.29. The number of carbonyl (C=O) groups excluding carboxylic acids is 2. The molecule has 2 aliphatic rings. The van der Waals surface area contributed by atoms with Gasteiger partial charge in [0.2, 0.25) is 11.8 Å². The number of piperazine rings is 1. The van der Waals surface area contributed by atoms with Crippen LogP contribution in [0, 0.1) is 17.6 Å². The summed E-state index contributed by atoms with van der Waals surface area (Å²) in [7, 11) is 0. The van der Waals surface area contributed by atoms with Gasteiger partial charge in [0, 0.05) is 55.7 Å². The van der Waals surface area contributed by atoms with Crippen molar-refractivity contribution in [3.63, 3.8) is 0 Å². The molecule has 1 fully saturated rings. The zero-order valence-electron chi connectivity index (χ0n) is 16.1. The van der Waals surface area contributed by atoms with E-state index >= 15 is 0 Å². The number of aryl methyl sites for hydroxylation is 1. The summed E-state index contributed by atoms with van der Waals surface area (Å²) in [5.41, 5.74) is 1.16. The van der Waals surface area contributed by atoms with Gasteiger partial charge < -0.3 is 15.1 Å². The number of benzene rings is 1. The summed E-state index contributed by atoms with van der Waals surface area (Å²) < 4.78 is 26.7. The number of hydrogen-bond donors (Lipinski definition) is 1. The second-order valence-electron chi connectivity index (χ2n) is 7.45. The van der Waals surface area contributed by atoms with Gasteiger partial charge in [-0.15, -0.1) is 11.3 Å². The SMILES string of the molecule is CC(=O)N1CCN(c2nc3c(s2)C[C@H](C(=O)Nc2cc(F)cc(F)c2)CC3)CC1. The Hall–Kier alpha value is -2.55. The third kappa shape index (κ3) is 4.39. The fraction of sp³-hybridized carbons (Fsp3) is 0.450. The van der Waals surface area contributed by atoms with Crippen LogP contribution in [0.1, 0.15) is 23.9 Å². The molecule has 154 valence electrons. The number of carbonyl (C=O) groups is 2. The summed E-state index contributed by atoms with van der Waals surface area (Å²) >= 11 is 1.60. The summed E-state index contributed by atoms with van der Waals surface area (Å²) in [6, 6.07) is 3.00. The van der Waals surface area contributed by atoms with E-state index in [0.717, 1.165) is 47.0 Å². The molecule has 9 heteroatoms. The van der Waals surface area contributed by atoms with Crippen molar-refractivity contribution in [2.75, 3.05) is 36.4 Å². The number of halogens is 2. The van der Waals surface area contributed by atoms with Gasteiger partial charge in [0.05, 0.1) is 5.69 Å². The van der Waals surface area contributed by atoms with Crippen molar-refractivity contribution in [1.29, 1.82) is 0 Å². The summed E-state index contributed by atoms with van der Waals surface area (Å²) in [4.78, 5) is 33.9. The molecule has 1 aliphatic heterocycles. The van der Waals surface area contributed by atoms with Gasteiger partial charge in [0.15, 0.2) is 5.13 Å². The number of fused-ring (bicyclic) bond motifs is 1. The van der Waals surface area contributed by atoms with Crippen molar-refractivity contribution in [3.8, 4) is 0 Å². The normalized spacial score (nSPS) is 19.1. The number of aromatic nitrogens is 1. The quantitative estimate of drug-likeness (QED) is 0.829. The molecule has 1 aliphatic carbocycles. The molecule has 0 bridgehead atoms. The molecule has 0 radical (unpaired) electrons. The molecule has 1 N–H and O–H groups in total. The maximum atomic E-state index is 13.3. The molecule has 1 atom stereocenters. The minimum Gasteiger partial charge on any atom is -0.345 e. The molecule has 2 aromatic rings. The van der Waals surface area contributed by atoms with E-state index in [-0.39, 0.29) is 23.4 Å². The van der Waals surface area contributed by atoms with Crippen LogP contribution in [-0.4, -0.2) is 47.9 Å². The van der Waals surface area contributed by atoms with E-state index in [2.05, 4.69) is 10.2 Å². The number of anilines is 2. The highest BCUT2D eigenvalue weighted by Crippen LogP contribution is 2.35. The summed E-state index contributed by atoms with van der Waals surface area (Å²) in [5, 5.41) is 3.56. The number of thiazole rings is 1. The molecule has 0 unspecified atom stereocenters. The molecule has 1 aromatic heterocycles. The van der Waals surface area contributed by atoms with Crippen molar-refractivity contribution in [2.24, 2.45) is 5.92 Å². The maximum absolute atomic E-state index is 13.3. The fourth-order valence-electron chi connectivity index (χ4n) is 3.80. The lowest BCUT2D eigenvalue weighted by molar-refractivity contribution is -0.129. The van der Waals surface area contributed by atoms with Crippen molar-refractivity contribution in [1.82, 2.24) is 9.88 Å². The van der Waals surface area contributed by atoms with E-state index in [4.69, 9.17) is 4.98 Å². The van der Waals surface area contributed by atoms with Crippen LogP contribution in [0.25, 0.3) is 0 Å². The van der Waals surface area contributed by atoms with Crippen molar-refractivity contribution in [3.05, 3.63) is 40.4 Å². The first-order valence-corrected chi connectivity index (χ1v) is 10.5. The van der Waals surface area contributed by atoms with E-state index < -0.39 is 11.6 Å². The Morgan fingerprint density at radius 3 is 2.48 bits per heavy atom. The number of hydrogen-bond acceptors (Lipinski definition) is 5. The van der Waals surface area contributed by atoms with Gasteiger partial charge in [-0.2, -0.15) is 0 Å². The second kappa shape index (κ2) is 8.06. The van der Waals surface area contributed by atoms with E-state index in [1.807, 2.05) is 4.90 Å². The van der Waals surface area contributed by atoms with Crippen LogP contribution >= 0.6 is 11.3 Å². The summed E-state index contributed by atoms with van der Waals surface area (Å²) in [5.74, 6) is -1.83. The van der Waals surface area contributed by atoms with Crippen LogP contribution in [0.4, 0.5) is 19.6 Å². The minimum atomic E-state index is -0.719. The molecule has 1 saturated heterocycles. The molecule has 2 heterocycles. The predicted octanol–water partition coefficient (Wildman–Crippen LogP) is 2.83. The lowest BCUT2D eigenvalue weighted by Gasteiger charge is -2.33. The Bertz CT molecular complexity index is 920. The van der Waals surface area contributed by atoms with Gasteiger partial charge in [0.25, 0.3) is 0 Å². The van der Waals surface area contributed by atoms with Gasteiger partial charge in [-0.25, -0.2) is 13.8 Å². The molecule has 2 amide bonds. The molecule has 0 saturated carbocycles. The average molecular weight is 420 g/mol. The first-order chi connectivity index (χ1) is 13.9. The third-order valence-electron chi connectivity index (χ3n) is 5.42. The minimum absolute atomic E-state index is 0.0927. The van der Waals surface area contributed by atoms with Gasteiger partial charge >= 0.3 is 0 Å². The molecular weight excluding hydrogens is 398 g/mol. The standard InChI is InChI=1S/C20H22F2N4O2S/c1-12(27)25-4-6-26(7-5-25)20-24-17-3-2-13(8-18(17)29-20)19(28)23-16-10-14(21)9-15(22)11-16/h9-11,13H,2-8H2,1H3,(H,23,28)/t13-/m1/s1. The average Bonchev–Trinajstić information content (AvgIpc) is 3.10. The first-order valence-electron chi connectivity index (χ1n) is 9.65. The Morgan fingerprint density at radius 1 is 1.14 bits per heavy atom. The number of rotatable bonds is 3. The number of nitrogens with zero attached hydrogens (tertiary/aromatic N) is 3. The lowest BCUT2D eigenvalue weighted by Crippen LogP contribution is -2.48. The molecule has 6 nitrogen and oxygen atoms in total. The summed E-state index contributed by atoms with van der Waals surface area (Å²) in [6.07, 6.45) is 1.93. The molecule has 1 aromatic carbocycles. The monoisotopic (exact) mass is 420 g/mol. The number of amides is 2. The second-order valence-corrected chi connectivity index (χ2v) is 8.51. The Morgan fingerprint density at radius 2 is 1.83 bits per heavy atom. The van der Waals surface area contributed by atoms with E-state index in [9.17, 15) is 18.4 Å². The van der Waals surface area contributed by atoms with Crippen molar-refractivity contribution >= 4 is 34.0 Å². The van der Waals surface area contributed by atoms with Crippen LogP contribution in [0.3, 0.4) is 0 Å². The smallest absolute Gasteiger partial charge is 0.227 e. The van der Waals surface area contributed by atoms with Crippen LogP contribution in [0.15, 0.2) is 18.2 Å². The van der Waals surface area contributed by atoms with Crippen LogP contribution in [0.2, 0.25) is 0 Å². The van der Waals surface area contributed by atoms with Crippen LogP contribution in [0.5, 0.6) is 0 Å². The molecular formula is C20H22F2N4O2S. The van der Waals surface area contributed by atoms with E-state index in [1.165, 1.54) is 0 Å². The zero-order chi connectivity index (χ0) is 20.5. The summed E-state index contributed by atoms with van der Waals surface area (Å²) in [6.45, 7) is 4.47. The van der Waals surface area contributed by atoms with Gasteiger partial charge in [-0.3, -0.25) is 9.59 Å². The van der Waals surface area contributed by atoms with Crippen LogP contribution in [-0.2, 0) is 22.4 Å². The van der Waals surface area contributed by atoms with Crippen molar-refractivity contribution < 1.29 is 18.4 Å². The Labute approximate surface area is 171 Å². The topological polar surface area (TPSA) is 65.5 Å². The van der Waals surface area contributed by atoms with E-state index in [1.54, 1.807) is 18.3 Å². The molecule has 29 heavy (non-hydrogen) atoms. The third-order valence-corrected chi connectivity index (χ3v) is 6.61. The molecule has 0 spiro atoms. The fourth-order valence-corrected chi connectivity index (χ4v) is 5.04. The van der Waals surface area contributed by atoms with E-state index in [0.29, 0.717) is 32.4 Å². The predicted molar refractivity (Wildman–Crippen MR) is 107 cm³/mol. The zero-order valence-corrected chi connectivity index (χ0v) is 16.9. The van der Waals surface area contributed by atoms with Crippen molar-refractivity contribution in [2.45, 2.75) is 26.2 Å². The Kier molecular flexibility index (Phi) is 5.49. The van der Waals surface area contributed by atoms with Gasteiger partial charge in [-0.1, -0.05) is 0 Å². The number of nitrogens with one attached hydrogen (secondary N) is 1. The maximum Gasteiger partial charge on any atom is 0.227 e. The van der Waals surface area contributed by atoms with Gasteiger partial charge in [0.1, 0.15) is 11.6 Å². The Balaban J connectivity index is 1.40.